The normalized spacial score (nSPS) is 10.2. The van der Waals surface area contributed by atoms with E-state index < -0.39 is 0 Å². The van der Waals surface area contributed by atoms with Gasteiger partial charge in [0.2, 0.25) is 0 Å². The topological polar surface area (TPSA) is 55.6 Å². The number of amides is 1. The number of hydrogen-bond donors (Lipinski definition) is 1. The van der Waals surface area contributed by atoms with Gasteiger partial charge in [-0.1, -0.05) is 24.3 Å². The Morgan fingerprint density at radius 3 is 2.62 bits per heavy atom. The maximum absolute atomic E-state index is 13.6. The van der Waals surface area contributed by atoms with Crippen LogP contribution in [0.2, 0.25) is 0 Å². The maximum Gasteiger partial charge on any atom is 0.257 e. The van der Waals surface area contributed by atoms with Crippen LogP contribution in [0.3, 0.4) is 0 Å². The molecule has 0 aliphatic rings. The molecule has 0 saturated heterocycles. The first-order valence-corrected chi connectivity index (χ1v) is 6.46. The summed E-state index contributed by atoms with van der Waals surface area (Å²) in [7, 11) is 3.07. The molecule has 0 fully saturated rings. The predicted octanol–water partition coefficient (Wildman–Crippen LogP) is 2.69. The van der Waals surface area contributed by atoms with Crippen LogP contribution in [-0.4, -0.2) is 25.0 Å². The lowest BCUT2D eigenvalue weighted by Crippen LogP contribution is -2.27. The van der Waals surface area contributed by atoms with Crippen LogP contribution < -0.4 is 10.5 Å². The Kier molecular flexibility index (Phi) is 4.42. The number of ether oxygens (including phenoxy) is 1. The van der Waals surface area contributed by atoms with Gasteiger partial charge in [-0.25, -0.2) is 4.39 Å². The van der Waals surface area contributed by atoms with Gasteiger partial charge >= 0.3 is 0 Å². The Labute approximate surface area is 122 Å². The molecule has 0 unspecified atom stereocenters. The van der Waals surface area contributed by atoms with Crippen LogP contribution in [0.4, 0.5) is 10.1 Å². The Balaban J connectivity index is 2.24. The van der Waals surface area contributed by atoms with Crippen molar-refractivity contribution >= 4 is 11.6 Å². The highest BCUT2D eigenvalue weighted by Gasteiger charge is 2.19. The lowest BCUT2D eigenvalue weighted by molar-refractivity contribution is 0.0780. The largest absolute Gasteiger partial charge is 0.494 e. The lowest BCUT2D eigenvalue weighted by Gasteiger charge is -2.19. The number of hydrogen-bond acceptors (Lipinski definition) is 3. The summed E-state index contributed by atoms with van der Waals surface area (Å²) in [6.45, 7) is 0.170. The summed E-state index contributed by atoms with van der Waals surface area (Å²) < 4.78 is 18.8. The second kappa shape index (κ2) is 6.26. The van der Waals surface area contributed by atoms with E-state index >= 15 is 0 Å². The van der Waals surface area contributed by atoms with Gasteiger partial charge in [0.1, 0.15) is 5.82 Å². The fourth-order valence-electron chi connectivity index (χ4n) is 2.11. The number of anilines is 1. The van der Waals surface area contributed by atoms with Gasteiger partial charge in [-0.05, 0) is 18.2 Å². The third kappa shape index (κ3) is 3.13. The highest BCUT2D eigenvalue weighted by molar-refractivity contribution is 5.98. The monoisotopic (exact) mass is 288 g/mol. The molecule has 5 heteroatoms. The molecule has 2 aromatic rings. The van der Waals surface area contributed by atoms with Crippen LogP contribution in [-0.2, 0) is 6.54 Å². The number of carbonyl (C=O) groups is 1. The van der Waals surface area contributed by atoms with E-state index in [0.29, 0.717) is 22.6 Å². The number of nitrogen functional groups attached to an aromatic ring is 1. The summed E-state index contributed by atoms with van der Waals surface area (Å²) in [5.41, 5.74) is 6.99. The number of benzene rings is 2. The fourth-order valence-corrected chi connectivity index (χ4v) is 2.11. The first-order valence-electron chi connectivity index (χ1n) is 6.46. The number of methoxy groups -OCH3 is 1. The van der Waals surface area contributed by atoms with Crippen molar-refractivity contribution in [2.24, 2.45) is 0 Å². The third-order valence-corrected chi connectivity index (χ3v) is 3.19. The standard InChI is InChI=1S/C16H17FN2O2/c1-19(10-11-6-3-4-8-13(11)17)16(20)12-7-5-9-14(18)15(12)21-2/h3-9H,10,18H2,1-2H3. The molecule has 0 aromatic heterocycles. The van der Waals surface area contributed by atoms with Crippen LogP contribution in [0.15, 0.2) is 42.5 Å². The molecule has 0 aliphatic carbocycles. The van der Waals surface area contributed by atoms with E-state index in [0.717, 1.165) is 0 Å². The number of nitrogens with two attached hydrogens (primary N) is 1. The lowest BCUT2D eigenvalue weighted by atomic mass is 10.1. The zero-order valence-corrected chi connectivity index (χ0v) is 12.0. The zero-order valence-electron chi connectivity index (χ0n) is 12.0. The first-order chi connectivity index (χ1) is 10.0. The predicted molar refractivity (Wildman–Crippen MR) is 79.6 cm³/mol. The Bertz CT molecular complexity index is 658. The Morgan fingerprint density at radius 1 is 1.24 bits per heavy atom. The minimum absolute atomic E-state index is 0.170. The second-order valence-electron chi connectivity index (χ2n) is 4.68. The smallest absolute Gasteiger partial charge is 0.257 e. The van der Waals surface area contributed by atoms with Crippen molar-refractivity contribution in [1.82, 2.24) is 4.90 Å². The van der Waals surface area contributed by atoms with E-state index in [1.54, 1.807) is 43.4 Å². The molecular formula is C16H17FN2O2. The molecule has 0 bridgehead atoms. The SMILES string of the molecule is COc1c(N)cccc1C(=O)N(C)Cc1ccccc1F. The summed E-state index contributed by atoms with van der Waals surface area (Å²) in [5.74, 6) is -0.276. The van der Waals surface area contributed by atoms with E-state index in [1.165, 1.54) is 18.1 Å². The Hall–Kier alpha value is -2.56. The van der Waals surface area contributed by atoms with Crippen molar-refractivity contribution in [2.45, 2.75) is 6.54 Å². The summed E-state index contributed by atoms with van der Waals surface area (Å²) in [5, 5.41) is 0. The molecule has 4 nitrogen and oxygen atoms in total. The molecule has 0 aliphatic heterocycles. The molecule has 2 N–H and O–H groups in total. The maximum atomic E-state index is 13.6. The van der Waals surface area contributed by atoms with E-state index in [-0.39, 0.29) is 18.3 Å². The van der Waals surface area contributed by atoms with Crippen molar-refractivity contribution < 1.29 is 13.9 Å². The van der Waals surface area contributed by atoms with Crippen LogP contribution in [0.1, 0.15) is 15.9 Å². The van der Waals surface area contributed by atoms with Crippen molar-refractivity contribution in [2.75, 3.05) is 19.9 Å². The number of para-hydroxylation sites is 1. The quantitative estimate of drug-likeness (QED) is 0.880. The number of rotatable bonds is 4. The number of halogens is 1. The minimum atomic E-state index is -0.336. The van der Waals surface area contributed by atoms with Gasteiger partial charge in [0.15, 0.2) is 5.75 Å². The van der Waals surface area contributed by atoms with Crippen molar-refractivity contribution in [3.05, 3.63) is 59.4 Å². The zero-order chi connectivity index (χ0) is 15.4. The number of carbonyl (C=O) groups excluding carboxylic acids is 1. The molecule has 0 radical (unpaired) electrons. The molecule has 0 heterocycles. The van der Waals surface area contributed by atoms with Crippen molar-refractivity contribution in [1.29, 1.82) is 0 Å². The fraction of sp³-hybridized carbons (Fsp3) is 0.188. The molecular weight excluding hydrogens is 271 g/mol. The van der Waals surface area contributed by atoms with Gasteiger partial charge in [0, 0.05) is 19.2 Å². The van der Waals surface area contributed by atoms with E-state index in [9.17, 15) is 9.18 Å². The molecule has 0 atom stereocenters. The van der Waals surface area contributed by atoms with Gasteiger partial charge in [-0.2, -0.15) is 0 Å². The molecule has 1 amide bonds. The molecule has 110 valence electrons. The highest BCUT2D eigenvalue weighted by Crippen LogP contribution is 2.27. The first kappa shape index (κ1) is 14.8. The van der Waals surface area contributed by atoms with Crippen LogP contribution >= 0.6 is 0 Å². The van der Waals surface area contributed by atoms with E-state index in [2.05, 4.69) is 0 Å². The van der Waals surface area contributed by atoms with E-state index in [1.807, 2.05) is 0 Å². The van der Waals surface area contributed by atoms with E-state index in [4.69, 9.17) is 10.5 Å². The summed E-state index contributed by atoms with van der Waals surface area (Å²) in [4.78, 5) is 13.9. The second-order valence-corrected chi connectivity index (χ2v) is 4.68. The average molecular weight is 288 g/mol. The van der Waals surface area contributed by atoms with Gasteiger partial charge in [0.05, 0.1) is 18.4 Å². The van der Waals surface area contributed by atoms with Crippen LogP contribution in [0.25, 0.3) is 0 Å². The Morgan fingerprint density at radius 2 is 1.95 bits per heavy atom. The number of nitrogens with zero attached hydrogens (tertiary/aromatic N) is 1. The molecule has 2 aromatic carbocycles. The minimum Gasteiger partial charge on any atom is -0.494 e. The van der Waals surface area contributed by atoms with Crippen molar-refractivity contribution in [3.8, 4) is 5.75 Å². The molecule has 2 rings (SSSR count). The summed E-state index contributed by atoms with van der Waals surface area (Å²) >= 11 is 0. The molecule has 21 heavy (non-hydrogen) atoms. The summed E-state index contributed by atoms with van der Waals surface area (Å²) in [6.07, 6.45) is 0. The van der Waals surface area contributed by atoms with Crippen LogP contribution in [0, 0.1) is 5.82 Å². The van der Waals surface area contributed by atoms with Gasteiger partial charge < -0.3 is 15.4 Å². The van der Waals surface area contributed by atoms with Crippen LogP contribution in [0.5, 0.6) is 5.75 Å². The highest BCUT2D eigenvalue weighted by atomic mass is 19.1. The van der Waals surface area contributed by atoms with Gasteiger partial charge in [-0.15, -0.1) is 0 Å². The van der Waals surface area contributed by atoms with Crippen molar-refractivity contribution in [3.63, 3.8) is 0 Å². The van der Waals surface area contributed by atoms with Gasteiger partial charge in [0.25, 0.3) is 5.91 Å². The molecule has 0 spiro atoms. The van der Waals surface area contributed by atoms with Gasteiger partial charge in [-0.3, -0.25) is 4.79 Å². The third-order valence-electron chi connectivity index (χ3n) is 3.19. The molecule has 0 saturated carbocycles. The average Bonchev–Trinajstić information content (AvgIpc) is 2.48. The summed E-state index contributed by atoms with van der Waals surface area (Å²) in [6, 6.07) is 11.3.